The maximum absolute atomic E-state index is 12.6. The molecule has 2 aromatic carbocycles. The van der Waals surface area contributed by atoms with E-state index < -0.39 is 35.4 Å². The molecule has 0 bridgehead atoms. The van der Waals surface area contributed by atoms with Crippen molar-refractivity contribution in [2.75, 3.05) is 27.4 Å². The molecule has 194 valence electrons. The number of ether oxygens (including phenoxy) is 2. The highest BCUT2D eigenvalue weighted by molar-refractivity contribution is 5.96. The smallest absolute Gasteiger partial charge is 0.416 e. The minimum atomic E-state index is -4.51. The van der Waals surface area contributed by atoms with E-state index >= 15 is 0 Å². The van der Waals surface area contributed by atoms with E-state index in [2.05, 4.69) is 0 Å². The van der Waals surface area contributed by atoms with Crippen LogP contribution in [-0.2, 0) is 17.2 Å². The van der Waals surface area contributed by atoms with Gasteiger partial charge in [0.2, 0.25) is 0 Å². The van der Waals surface area contributed by atoms with Crippen LogP contribution >= 0.6 is 0 Å². The Morgan fingerprint density at radius 1 is 0.829 bits per heavy atom. The molecule has 0 fully saturated rings. The van der Waals surface area contributed by atoms with Crippen molar-refractivity contribution in [3.05, 3.63) is 58.7 Å². The second-order valence-electron chi connectivity index (χ2n) is 6.57. The highest BCUT2D eigenvalue weighted by atomic mass is 19.4. The Hall–Kier alpha value is -3.48. The minimum Gasteiger partial charge on any atom is -0.493 e. The summed E-state index contributed by atoms with van der Waals surface area (Å²) in [4.78, 5) is 27.3. The number of rotatable bonds is 7. The number of amides is 1. The predicted octanol–water partition coefficient (Wildman–Crippen LogP) is 5.54. The molecule has 0 atom stereocenters. The Bertz CT molecular complexity index is 1020. The van der Waals surface area contributed by atoms with Gasteiger partial charge in [-0.25, -0.2) is 9.86 Å². The average molecular weight is 511 g/mol. The van der Waals surface area contributed by atoms with Crippen LogP contribution in [0.25, 0.3) is 0 Å². The third-order valence-electron chi connectivity index (χ3n) is 4.24. The summed E-state index contributed by atoms with van der Waals surface area (Å²) >= 11 is 0. The van der Waals surface area contributed by atoms with Crippen molar-refractivity contribution in [2.24, 2.45) is 0 Å². The van der Waals surface area contributed by atoms with Crippen molar-refractivity contribution in [2.45, 2.75) is 26.2 Å². The lowest BCUT2D eigenvalue weighted by Gasteiger charge is -2.17. The van der Waals surface area contributed by atoms with Crippen LogP contribution in [-0.4, -0.2) is 49.4 Å². The molecule has 0 radical (unpaired) electrons. The van der Waals surface area contributed by atoms with Crippen LogP contribution in [0.2, 0.25) is 0 Å². The highest BCUT2D eigenvalue weighted by Gasteiger charge is 2.33. The number of hydrogen-bond acceptors (Lipinski definition) is 5. The monoisotopic (exact) mass is 511 g/mol. The van der Waals surface area contributed by atoms with Crippen molar-refractivity contribution < 1.29 is 55.3 Å². The number of aromatic carboxylic acids is 1. The van der Waals surface area contributed by atoms with Crippen LogP contribution in [0.3, 0.4) is 0 Å². The summed E-state index contributed by atoms with van der Waals surface area (Å²) in [6.45, 7) is 3.43. The molecule has 13 heteroatoms. The molecule has 0 spiro atoms. The van der Waals surface area contributed by atoms with Crippen molar-refractivity contribution in [3.63, 3.8) is 0 Å². The molecule has 0 aliphatic carbocycles. The molecule has 0 saturated carbocycles. The molecule has 0 saturated heterocycles. The minimum absolute atomic E-state index is 0.0131. The quantitative estimate of drug-likeness (QED) is 0.388. The van der Waals surface area contributed by atoms with Gasteiger partial charge in [0.25, 0.3) is 5.91 Å². The van der Waals surface area contributed by atoms with Crippen molar-refractivity contribution in [3.8, 4) is 11.5 Å². The lowest BCUT2D eigenvalue weighted by atomic mass is 10.1. The van der Waals surface area contributed by atoms with Gasteiger partial charge in [0.05, 0.1) is 37.0 Å². The number of hydroxylamine groups is 2. The van der Waals surface area contributed by atoms with Gasteiger partial charge in [-0.3, -0.25) is 9.63 Å². The van der Waals surface area contributed by atoms with E-state index in [1.54, 1.807) is 13.8 Å². The molecule has 0 aromatic heterocycles. The van der Waals surface area contributed by atoms with E-state index in [-0.39, 0.29) is 35.8 Å². The Kier molecular flexibility index (Phi) is 10.4. The van der Waals surface area contributed by atoms with Gasteiger partial charge in [0.1, 0.15) is 17.1 Å². The van der Waals surface area contributed by atoms with E-state index in [9.17, 15) is 35.9 Å². The first-order chi connectivity index (χ1) is 16.2. The summed E-state index contributed by atoms with van der Waals surface area (Å²) in [5.74, 6) is -2.30. The average Bonchev–Trinajstić information content (AvgIpc) is 2.77. The second kappa shape index (κ2) is 12.3. The zero-order chi connectivity index (χ0) is 27.0. The predicted molar refractivity (Wildman–Crippen MR) is 111 cm³/mol. The summed E-state index contributed by atoms with van der Waals surface area (Å²) in [6.07, 6.45) is -9.00. The molecule has 7 nitrogen and oxygen atoms in total. The van der Waals surface area contributed by atoms with Gasteiger partial charge >= 0.3 is 18.3 Å². The van der Waals surface area contributed by atoms with Gasteiger partial charge in [-0.05, 0) is 50.2 Å². The molecule has 0 unspecified atom stereocenters. The fraction of sp³-hybridized carbons (Fsp3) is 0.364. The Balaban J connectivity index is 0.000000355. The molecule has 0 heterocycles. The number of nitrogens with zero attached hydrogens (tertiary/aromatic N) is 1. The van der Waals surface area contributed by atoms with E-state index in [4.69, 9.17) is 19.4 Å². The number of hydrogen-bond donors (Lipinski definition) is 1. The number of carbonyl (C=O) groups is 2. The molecule has 2 aromatic rings. The molecule has 1 amide bonds. The largest absolute Gasteiger partial charge is 0.493 e. The lowest BCUT2D eigenvalue weighted by molar-refractivity contribution is -0.138. The summed E-state index contributed by atoms with van der Waals surface area (Å²) in [5, 5.41) is 9.63. The zero-order valence-corrected chi connectivity index (χ0v) is 19.1. The number of carboxylic acids is 1. The van der Waals surface area contributed by atoms with Crippen LogP contribution in [0.1, 0.15) is 45.7 Å². The molecule has 2 rings (SSSR count). The zero-order valence-electron chi connectivity index (χ0n) is 19.1. The molecule has 0 aliphatic heterocycles. The Morgan fingerprint density at radius 2 is 1.23 bits per heavy atom. The third-order valence-corrected chi connectivity index (χ3v) is 4.24. The summed E-state index contributed by atoms with van der Waals surface area (Å²) in [6, 6.07) is 5.00. The number of alkyl halides is 6. The van der Waals surface area contributed by atoms with Crippen LogP contribution < -0.4 is 9.47 Å². The van der Waals surface area contributed by atoms with Crippen molar-refractivity contribution in [1.29, 1.82) is 0 Å². The maximum Gasteiger partial charge on any atom is 0.416 e. The van der Waals surface area contributed by atoms with E-state index in [0.717, 1.165) is 29.3 Å². The van der Waals surface area contributed by atoms with Crippen LogP contribution in [0, 0.1) is 0 Å². The standard InChI is InChI=1S/C12H14F3NO3.C10H9F3O3/c1-4-19-10-7-8(12(13,14)15)5-6-9(10)11(17)16(2)18-3;1-2-16-8-5-6(10(11,12)13)3-4-7(8)9(14)15/h5-7H,4H2,1-3H3;3-5H,2H2,1H3,(H,14,15). The van der Waals surface area contributed by atoms with Gasteiger partial charge in [-0.1, -0.05) is 0 Å². The summed E-state index contributed by atoms with van der Waals surface area (Å²) in [7, 11) is 2.64. The van der Waals surface area contributed by atoms with Crippen molar-refractivity contribution in [1.82, 2.24) is 5.06 Å². The van der Waals surface area contributed by atoms with Gasteiger partial charge in [-0.15, -0.1) is 0 Å². The Morgan fingerprint density at radius 3 is 1.57 bits per heavy atom. The van der Waals surface area contributed by atoms with Crippen molar-refractivity contribution >= 4 is 11.9 Å². The topological polar surface area (TPSA) is 85.3 Å². The number of carboxylic acid groups (broad SMARTS) is 1. The molecular formula is C22H23F6NO6. The number of benzene rings is 2. The van der Waals surface area contributed by atoms with Gasteiger partial charge in [0, 0.05) is 7.05 Å². The first-order valence-electron chi connectivity index (χ1n) is 9.90. The second-order valence-corrected chi connectivity index (χ2v) is 6.57. The normalized spacial score (nSPS) is 11.3. The van der Waals surface area contributed by atoms with Gasteiger partial charge < -0.3 is 14.6 Å². The van der Waals surface area contributed by atoms with E-state index in [1.165, 1.54) is 14.2 Å². The first kappa shape index (κ1) is 29.6. The van der Waals surface area contributed by atoms with Gasteiger partial charge in [-0.2, -0.15) is 26.3 Å². The molecule has 1 N–H and O–H groups in total. The van der Waals surface area contributed by atoms with E-state index in [1.807, 2.05) is 0 Å². The summed E-state index contributed by atoms with van der Waals surface area (Å²) in [5.41, 5.74) is -2.07. The lowest BCUT2D eigenvalue weighted by Crippen LogP contribution is -2.26. The Labute approximate surface area is 196 Å². The van der Waals surface area contributed by atoms with Crippen LogP contribution in [0.5, 0.6) is 11.5 Å². The molecule has 35 heavy (non-hydrogen) atoms. The van der Waals surface area contributed by atoms with Crippen LogP contribution in [0.15, 0.2) is 36.4 Å². The molecular weight excluding hydrogens is 488 g/mol. The van der Waals surface area contributed by atoms with Gasteiger partial charge in [0.15, 0.2) is 0 Å². The molecule has 0 aliphatic rings. The highest BCUT2D eigenvalue weighted by Crippen LogP contribution is 2.34. The SMILES string of the molecule is CCOc1cc(C(F)(F)F)ccc1C(=O)N(C)OC.CCOc1cc(C(F)(F)F)ccc1C(=O)O. The maximum atomic E-state index is 12.6. The fourth-order valence-electron chi connectivity index (χ4n) is 2.55. The fourth-order valence-corrected chi connectivity index (χ4v) is 2.55. The third kappa shape index (κ3) is 8.35. The number of carbonyl (C=O) groups excluding carboxylic acids is 1. The van der Waals surface area contributed by atoms with Crippen LogP contribution in [0.4, 0.5) is 26.3 Å². The first-order valence-corrected chi connectivity index (χ1v) is 9.90. The summed E-state index contributed by atoms with van der Waals surface area (Å²) < 4.78 is 84.7. The number of halogens is 6. The van der Waals surface area contributed by atoms with E-state index in [0.29, 0.717) is 12.1 Å².